The summed E-state index contributed by atoms with van der Waals surface area (Å²) in [5.41, 5.74) is 0.993. The summed E-state index contributed by atoms with van der Waals surface area (Å²) in [7, 11) is 0. The number of carbonyl (C=O) groups excluding carboxylic acids is 2. The molecule has 2 saturated heterocycles. The number of halogens is 1. The molecule has 3 rings (SSSR count). The monoisotopic (exact) mass is 408 g/mol. The second-order valence-corrected chi connectivity index (χ2v) is 7.83. The topological polar surface area (TPSA) is 65.1 Å². The van der Waals surface area contributed by atoms with Gasteiger partial charge in [-0.3, -0.25) is 19.4 Å². The molecule has 7 nitrogen and oxygen atoms in total. The normalized spacial score (nSPS) is 20.0. The van der Waals surface area contributed by atoms with Crippen molar-refractivity contribution >= 4 is 23.4 Å². The zero-order valence-corrected chi connectivity index (χ0v) is 17.2. The van der Waals surface area contributed by atoms with Gasteiger partial charge in [0.1, 0.15) is 0 Å². The Morgan fingerprint density at radius 3 is 2.36 bits per heavy atom. The lowest BCUT2D eigenvalue weighted by Crippen LogP contribution is -2.53. The van der Waals surface area contributed by atoms with E-state index in [1.807, 2.05) is 36.1 Å². The van der Waals surface area contributed by atoms with Crippen LogP contribution in [-0.4, -0.2) is 92.1 Å². The number of hydrogen-bond acceptors (Lipinski definition) is 5. The summed E-state index contributed by atoms with van der Waals surface area (Å²) >= 11 is 6.02. The smallest absolute Gasteiger partial charge is 0.236 e. The second-order valence-electron chi connectivity index (χ2n) is 7.39. The van der Waals surface area contributed by atoms with E-state index in [4.69, 9.17) is 16.3 Å². The number of rotatable bonds is 6. The van der Waals surface area contributed by atoms with E-state index >= 15 is 0 Å². The average molecular weight is 409 g/mol. The number of benzene rings is 1. The molecule has 8 heteroatoms. The molecule has 154 valence electrons. The molecular weight excluding hydrogens is 380 g/mol. The number of nitrogens with one attached hydrogen (secondary N) is 1. The summed E-state index contributed by atoms with van der Waals surface area (Å²) in [6.07, 6.45) is 0. The number of amides is 2. The fraction of sp³-hybridized carbons (Fsp3) is 0.600. The molecule has 28 heavy (non-hydrogen) atoms. The predicted octanol–water partition coefficient (Wildman–Crippen LogP) is 0.994. The van der Waals surface area contributed by atoms with Gasteiger partial charge in [-0.05, 0) is 24.6 Å². The van der Waals surface area contributed by atoms with Gasteiger partial charge in [-0.1, -0.05) is 23.7 Å². The van der Waals surface area contributed by atoms with Crippen LogP contribution in [0.5, 0.6) is 0 Å². The molecule has 0 aliphatic carbocycles. The highest BCUT2D eigenvalue weighted by molar-refractivity contribution is 6.30. The first-order valence-corrected chi connectivity index (χ1v) is 10.2. The number of hydrogen-bond donors (Lipinski definition) is 1. The fourth-order valence-electron chi connectivity index (χ4n) is 3.56. The summed E-state index contributed by atoms with van der Waals surface area (Å²) in [6.45, 7) is 8.57. The van der Waals surface area contributed by atoms with E-state index < -0.39 is 0 Å². The van der Waals surface area contributed by atoms with Crippen molar-refractivity contribution in [1.82, 2.24) is 20.0 Å². The molecule has 2 aliphatic rings. The zero-order valence-electron chi connectivity index (χ0n) is 16.4. The highest BCUT2D eigenvalue weighted by Crippen LogP contribution is 2.17. The largest absolute Gasteiger partial charge is 0.378 e. The van der Waals surface area contributed by atoms with E-state index in [0.29, 0.717) is 44.4 Å². The van der Waals surface area contributed by atoms with Crippen molar-refractivity contribution in [2.45, 2.75) is 13.0 Å². The summed E-state index contributed by atoms with van der Waals surface area (Å²) in [5.74, 6) is 0.176. The van der Waals surface area contributed by atoms with Gasteiger partial charge in [-0.25, -0.2) is 0 Å². The van der Waals surface area contributed by atoms with Crippen LogP contribution in [0, 0.1) is 0 Å². The van der Waals surface area contributed by atoms with E-state index in [2.05, 4.69) is 15.1 Å². The maximum absolute atomic E-state index is 12.4. The van der Waals surface area contributed by atoms with Gasteiger partial charge < -0.3 is 15.0 Å². The molecule has 0 saturated carbocycles. The van der Waals surface area contributed by atoms with Gasteiger partial charge >= 0.3 is 0 Å². The van der Waals surface area contributed by atoms with E-state index in [9.17, 15) is 9.59 Å². The Hall–Kier alpha value is -1.67. The molecule has 2 fully saturated rings. The molecule has 2 aliphatic heterocycles. The van der Waals surface area contributed by atoms with Crippen molar-refractivity contribution in [1.29, 1.82) is 0 Å². The Balaban J connectivity index is 1.37. The average Bonchev–Trinajstić information content (AvgIpc) is 2.70. The third-order valence-corrected chi connectivity index (χ3v) is 5.52. The summed E-state index contributed by atoms with van der Waals surface area (Å²) in [6, 6.07) is 7.46. The van der Waals surface area contributed by atoms with Crippen molar-refractivity contribution in [3.8, 4) is 0 Å². The molecular formula is C20H29ClN4O3. The first kappa shape index (κ1) is 21.0. The minimum absolute atomic E-state index is 0.00492. The summed E-state index contributed by atoms with van der Waals surface area (Å²) in [5, 5.41) is 3.70. The van der Waals surface area contributed by atoms with Crippen LogP contribution < -0.4 is 5.32 Å². The SMILES string of the molecule is CC(NC(=O)CN1CCN(CC(=O)N2CCOCC2)CC1)c1cccc(Cl)c1. The highest BCUT2D eigenvalue weighted by Gasteiger charge is 2.24. The van der Waals surface area contributed by atoms with Crippen LogP contribution in [0.15, 0.2) is 24.3 Å². The molecule has 0 bridgehead atoms. The molecule has 1 unspecified atom stereocenters. The molecule has 0 aromatic heterocycles. The maximum Gasteiger partial charge on any atom is 0.236 e. The Bertz CT molecular complexity index is 673. The Kier molecular flexibility index (Phi) is 7.67. The first-order chi connectivity index (χ1) is 13.5. The maximum atomic E-state index is 12.4. The third-order valence-electron chi connectivity index (χ3n) is 5.28. The van der Waals surface area contributed by atoms with Crippen LogP contribution in [-0.2, 0) is 14.3 Å². The molecule has 1 N–H and O–H groups in total. The van der Waals surface area contributed by atoms with Gasteiger partial charge in [0, 0.05) is 44.3 Å². The second kappa shape index (κ2) is 10.2. The van der Waals surface area contributed by atoms with Crippen molar-refractivity contribution in [3.63, 3.8) is 0 Å². The number of carbonyl (C=O) groups is 2. The van der Waals surface area contributed by atoms with Gasteiger partial charge in [0.2, 0.25) is 11.8 Å². The molecule has 0 radical (unpaired) electrons. The quantitative estimate of drug-likeness (QED) is 0.760. The highest BCUT2D eigenvalue weighted by atomic mass is 35.5. The zero-order chi connectivity index (χ0) is 19.9. The Morgan fingerprint density at radius 1 is 1.07 bits per heavy atom. The van der Waals surface area contributed by atoms with Gasteiger partial charge in [-0.2, -0.15) is 0 Å². The Labute approximate surface area is 171 Å². The van der Waals surface area contributed by atoms with E-state index in [-0.39, 0.29) is 17.9 Å². The molecule has 1 aromatic rings. The minimum atomic E-state index is -0.0846. The number of nitrogens with zero attached hydrogens (tertiary/aromatic N) is 3. The van der Waals surface area contributed by atoms with Crippen molar-refractivity contribution in [3.05, 3.63) is 34.9 Å². The fourth-order valence-corrected chi connectivity index (χ4v) is 3.76. The lowest BCUT2D eigenvalue weighted by Gasteiger charge is -2.35. The minimum Gasteiger partial charge on any atom is -0.378 e. The van der Waals surface area contributed by atoms with Crippen LogP contribution in [0.1, 0.15) is 18.5 Å². The standard InChI is InChI=1S/C20H29ClN4O3/c1-16(17-3-2-4-18(21)13-17)22-19(26)14-23-5-7-24(8-6-23)15-20(27)25-9-11-28-12-10-25/h2-4,13,16H,5-12,14-15H2,1H3,(H,22,26). The van der Waals surface area contributed by atoms with Crippen molar-refractivity contribution in [2.75, 3.05) is 65.6 Å². The lowest BCUT2D eigenvalue weighted by atomic mass is 10.1. The van der Waals surface area contributed by atoms with Gasteiger partial charge in [0.05, 0.1) is 32.3 Å². The molecule has 2 heterocycles. The van der Waals surface area contributed by atoms with E-state index in [0.717, 1.165) is 31.7 Å². The van der Waals surface area contributed by atoms with Crippen LogP contribution in [0.25, 0.3) is 0 Å². The van der Waals surface area contributed by atoms with Crippen LogP contribution in [0.2, 0.25) is 5.02 Å². The van der Waals surface area contributed by atoms with Crippen molar-refractivity contribution < 1.29 is 14.3 Å². The van der Waals surface area contributed by atoms with Crippen LogP contribution >= 0.6 is 11.6 Å². The van der Waals surface area contributed by atoms with Crippen molar-refractivity contribution in [2.24, 2.45) is 0 Å². The molecule has 0 spiro atoms. The summed E-state index contributed by atoms with van der Waals surface area (Å²) in [4.78, 5) is 30.9. The van der Waals surface area contributed by atoms with Gasteiger partial charge in [0.15, 0.2) is 0 Å². The molecule has 1 atom stereocenters. The van der Waals surface area contributed by atoms with Crippen LogP contribution in [0.3, 0.4) is 0 Å². The van der Waals surface area contributed by atoms with Gasteiger partial charge in [-0.15, -0.1) is 0 Å². The number of ether oxygens (including phenoxy) is 1. The van der Waals surface area contributed by atoms with E-state index in [1.54, 1.807) is 0 Å². The first-order valence-electron chi connectivity index (χ1n) is 9.86. The molecule has 2 amide bonds. The lowest BCUT2D eigenvalue weighted by molar-refractivity contribution is -0.137. The summed E-state index contributed by atoms with van der Waals surface area (Å²) < 4.78 is 5.29. The third kappa shape index (κ3) is 6.17. The van der Waals surface area contributed by atoms with E-state index in [1.165, 1.54) is 0 Å². The molecule has 1 aromatic carbocycles. The number of piperazine rings is 1. The Morgan fingerprint density at radius 2 is 1.71 bits per heavy atom. The number of morpholine rings is 1. The van der Waals surface area contributed by atoms with Gasteiger partial charge in [0.25, 0.3) is 0 Å². The predicted molar refractivity (Wildman–Crippen MR) is 108 cm³/mol. The van der Waals surface area contributed by atoms with Crippen LogP contribution in [0.4, 0.5) is 0 Å².